The molecule has 0 spiro atoms. The number of nitrogens with one attached hydrogen (secondary N) is 1. The Kier molecular flexibility index (Phi) is 3.28. The van der Waals surface area contributed by atoms with Crippen molar-refractivity contribution in [3.63, 3.8) is 0 Å². The smallest absolute Gasteiger partial charge is 0.337 e. The second-order valence-electron chi connectivity index (χ2n) is 4.89. The zero-order chi connectivity index (χ0) is 14.8. The first-order valence-electron chi connectivity index (χ1n) is 6.59. The fourth-order valence-electron chi connectivity index (χ4n) is 2.26. The van der Waals surface area contributed by atoms with Crippen molar-refractivity contribution in [2.75, 3.05) is 5.32 Å². The van der Waals surface area contributed by atoms with E-state index in [4.69, 9.17) is 0 Å². The standard InChI is InChI=1S/C17H14N2O2/c1-11-4-6-14(17(20)21)16(9-11)19-13-5-7-15-12(10-13)3-2-8-18-15/h2-10,19H,1H3,(H,20,21). The number of nitrogens with zero attached hydrogens (tertiary/aromatic N) is 1. The summed E-state index contributed by atoms with van der Waals surface area (Å²) < 4.78 is 0. The number of pyridine rings is 1. The van der Waals surface area contributed by atoms with Gasteiger partial charge in [0.2, 0.25) is 0 Å². The van der Waals surface area contributed by atoms with Crippen LogP contribution in [-0.4, -0.2) is 16.1 Å². The molecule has 21 heavy (non-hydrogen) atoms. The Balaban J connectivity index is 2.02. The lowest BCUT2D eigenvalue weighted by atomic mass is 10.1. The summed E-state index contributed by atoms with van der Waals surface area (Å²) in [4.78, 5) is 15.6. The summed E-state index contributed by atoms with van der Waals surface area (Å²) in [7, 11) is 0. The minimum absolute atomic E-state index is 0.256. The summed E-state index contributed by atoms with van der Waals surface area (Å²) in [5, 5.41) is 13.4. The zero-order valence-electron chi connectivity index (χ0n) is 11.5. The summed E-state index contributed by atoms with van der Waals surface area (Å²) in [5.74, 6) is -0.944. The van der Waals surface area contributed by atoms with Gasteiger partial charge in [-0.2, -0.15) is 0 Å². The van der Waals surface area contributed by atoms with E-state index in [1.165, 1.54) is 0 Å². The van der Waals surface area contributed by atoms with E-state index >= 15 is 0 Å². The number of anilines is 2. The maximum atomic E-state index is 11.3. The normalized spacial score (nSPS) is 10.5. The Morgan fingerprint density at radius 2 is 2.00 bits per heavy atom. The van der Waals surface area contributed by atoms with Crippen LogP contribution in [0.25, 0.3) is 10.9 Å². The molecule has 0 bridgehead atoms. The van der Waals surface area contributed by atoms with Gasteiger partial charge in [-0.25, -0.2) is 4.79 Å². The minimum Gasteiger partial charge on any atom is -0.478 e. The molecule has 0 saturated heterocycles. The second-order valence-corrected chi connectivity index (χ2v) is 4.89. The molecule has 3 aromatic rings. The van der Waals surface area contributed by atoms with Crippen LogP contribution in [0.15, 0.2) is 54.7 Å². The summed E-state index contributed by atoms with van der Waals surface area (Å²) in [6, 6.07) is 14.8. The molecule has 104 valence electrons. The van der Waals surface area contributed by atoms with E-state index in [0.29, 0.717) is 5.69 Å². The minimum atomic E-state index is -0.944. The number of aromatic carboxylic acids is 1. The number of benzene rings is 2. The lowest BCUT2D eigenvalue weighted by Gasteiger charge is -2.11. The maximum Gasteiger partial charge on any atom is 0.337 e. The van der Waals surface area contributed by atoms with Gasteiger partial charge in [-0.05, 0) is 48.9 Å². The highest BCUT2D eigenvalue weighted by atomic mass is 16.4. The molecule has 0 aliphatic carbocycles. The molecule has 0 aliphatic rings. The molecule has 0 unspecified atom stereocenters. The maximum absolute atomic E-state index is 11.3. The van der Waals surface area contributed by atoms with Crippen LogP contribution < -0.4 is 5.32 Å². The van der Waals surface area contributed by atoms with E-state index in [-0.39, 0.29) is 5.56 Å². The van der Waals surface area contributed by atoms with Crippen LogP contribution in [0, 0.1) is 6.92 Å². The van der Waals surface area contributed by atoms with Gasteiger partial charge in [0.25, 0.3) is 0 Å². The highest BCUT2D eigenvalue weighted by molar-refractivity contribution is 5.95. The first kappa shape index (κ1) is 13.1. The Hall–Kier alpha value is -2.88. The molecule has 0 saturated carbocycles. The molecule has 4 heteroatoms. The topological polar surface area (TPSA) is 62.2 Å². The van der Waals surface area contributed by atoms with Crippen molar-refractivity contribution in [3.8, 4) is 0 Å². The Bertz CT molecular complexity index is 828. The van der Waals surface area contributed by atoms with Gasteiger partial charge in [0.15, 0.2) is 0 Å². The first-order valence-corrected chi connectivity index (χ1v) is 6.59. The molecule has 1 aromatic heterocycles. The quantitative estimate of drug-likeness (QED) is 0.760. The predicted octanol–water partition coefficient (Wildman–Crippen LogP) is 3.99. The van der Waals surface area contributed by atoms with E-state index < -0.39 is 5.97 Å². The zero-order valence-corrected chi connectivity index (χ0v) is 11.5. The highest BCUT2D eigenvalue weighted by Gasteiger charge is 2.10. The Morgan fingerprint density at radius 1 is 1.14 bits per heavy atom. The SMILES string of the molecule is Cc1ccc(C(=O)O)c(Nc2ccc3ncccc3c2)c1. The van der Waals surface area contributed by atoms with Crippen LogP contribution in [0.4, 0.5) is 11.4 Å². The van der Waals surface area contributed by atoms with Crippen molar-refractivity contribution in [1.29, 1.82) is 0 Å². The molecule has 0 fully saturated rings. The van der Waals surface area contributed by atoms with Crippen LogP contribution in [0.1, 0.15) is 15.9 Å². The van der Waals surface area contributed by atoms with Crippen LogP contribution in [0.3, 0.4) is 0 Å². The molecule has 0 radical (unpaired) electrons. The van der Waals surface area contributed by atoms with Crippen LogP contribution >= 0.6 is 0 Å². The molecule has 2 aromatic carbocycles. The van der Waals surface area contributed by atoms with Crippen molar-refractivity contribution in [3.05, 3.63) is 65.9 Å². The van der Waals surface area contributed by atoms with Gasteiger partial charge in [-0.15, -0.1) is 0 Å². The van der Waals surface area contributed by atoms with E-state index in [9.17, 15) is 9.90 Å². The van der Waals surface area contributed by atoms with Gasteiger partial charge in [-0.1, -0.05) is 12.1 Å². The van der Waals surface area contributed by atoms with Gasteiger partial charge in [0, 0.05) is 17.3 Å². The monoisotopic (exact) mass is 278 g/mol. The third kappa shape index (κ3) is 2.69. The van der Waals surface area contributed by atoms with Gasteiger partial charge >= 0.3 is 5.97 Å². The Morgan fingerprint density at radius 3 is 2.81 bits per heavy atom. The van der Waals surface area contributed by atoms with Crippen LogP contribution in [0.5, 0.6) is 0 Å². The summed E-state index contributed by atoms with van der Waals surface area (Å²) in [5.41, 5.74) is 3.59. The molecular formula is C17H14N2O2. The van der Waals surface area contributed by atoms with E-state index in [1.54, 1.807) is 18.3 Å². The second kappa shape index (κ2) is 5.25. The van der Waals surface area contributed by atoms with Crippen molar-refractivity contribution < 1.29 is 9.90 Å². The van der Waals surface area contributed by atoms with Crippen molar-refractivity contribution >= 4 is 28.2 Å². The van der Waals surface area contributed by atoms with Gasteiger partial charge in [-0.3, -0.25) is 4.98 Å². The summed E-state index contributed by atoms with van der Waals surface area (Å²) in [6.45, 7) is 1.93. The number of carboxylic acids is 1. The van der Waals surface area contributed by atoms with E-state index in [1.807, 2.05) is 43.3 Å². The summed E-state index contributed by atoms with van der Waals surface area (Å²) in [6.07, 6.45) is 1.75. The molecule has 0 atom stereocenters. The highest BCUT2D eigenvalue weighted by Crippen LogP contribution is 2.24. The van der Waals surface area contributed by atoms with Crippen molar-refractivity contribution in [2.45, 2.75) is 6.92 Å². The van der Waals surface area contributed by atoms with Crippen LogP contribution in [-0.2, 0) is 0 Å². The lowest BCUT2D eigenvalue weighted by Crippen LogP contribution is -2.03. The lowest BCUT2D eigenvalue weighted by molar-refractivity contribution is 0.0698. The Labute approximate surface area is 122 Å². The third-order valence-electron chi connectivity index (χ3n) is 3.29. The number of carbonyl (C=O) groups is 1. The van der Waals surface area contributed by atoms with Crippen molar-refractivity contribution in [2.24, 2.45) is 0 Å². The number of rotatable bonds is 3. The number of aromatic nitrogens is 1. The molecule has 4 nitrogen and oxygen atoms in total. The predicted molar refractivity (Wildman–Crippen MR) is 83.2 cm³/mol. The molecule has 0 aliphatic heterocycles. The number of aryl methyl sites for hydroxylation is 1. The first-order chi connectivity index (χ1) is 10.1. The van der Waals surface area contributed by atoms with E-state index in [2.05, 4.69) is 10.3 Å². The van der Waals surface area contributed by atoms with Crippen molar-refractivity contribution in [1.82, 2.24) is 4.98 Å². The largest absolute Gasteiger partial charge is 0.478 e. The molecule has 2 N–H and O–H groups in total. The molecule has 1 heterocycles. The average Bonchev–Trinajstić information content (AvgIpc) is 2.47. The fraction of sp³-hybridized carbons (Fsp3) is 0.0588. The van der Waals surface area contributed by atoms with Gasteiger partial charge in [0.05, 0.1) is 16.8 Å². The van der Waals surface area contributed by atoms with Gasteiger partial charge < -0.3 is 10.4 Å². The number of hydrogen-bond donors (Lipinski definition) is 2. The average molecular weight is 278 g/mol. The molecular weight excluding hydrogens is 264 g/mol. The number of hydrogen-bond acceptors (Lipinski definition) is 3. The third-order valence-corrected chi connectivity index (χ3v) is 3.29. The number of carboxylic acid groups (broad SMARTS) is 1. The fourth-order valence-corrected chi connectivity index (χ4v) is 2.26. The molecule has 0 amide bonds. The summed E-state index contributed by atoms with van der Waals surface area (Å²) >= 11 is 0. The van der Waals surface area contributed by atoms with E-state index in [0.717, 1.165) is 22.2 Å². The molecule has 3 rings (SSSR count). The van der Waals surface area contributed by atoms with Gasteiger partial charge in [0.1, 0.15) is 0 Å². The van der Waals surface area contributed by atoms with Crippen LogP contribution in [0.2, 0.25) is 0 Å². The number of fused-ring (bicyclic) bond motifs is 1.